The van der Waals surface area contributed by atoms with Crippen molar-refractivity contribution < 1.29 is 5.11 Å². The molecule has 0 aliphatic carbocycles. The Morgan fingerprint density at radius 2 is 2.12 bits per heavy atom. The fourth-order valence-corrected chi connectivity index (χ4v) is 2.76. The molecule has 2 nitrogen and oxygen atoms in total. The van der Waals surface area contributed by atoms with Gasteiger partial charge in [-0.25, -0.2) is 0 Å². The van der Waals surface area contributed by atoms with Crippen LogP contribution in [0.4, 0.5) is 0 Å². The van der Waals surface area contributed by atoms with E-state index in [1.165, 1.54) is 15.8 Å². The van der Waals surface area contributed by atoms with Gasteiger partial charge in [0.05, 0.1) is 13.2 Å². The Hall–Kier alpha value is -1.58. The molecule has 0 aliphatic heterocycles. The second kappa shape index (κ2) is 4.35. The summed E-state index contributed by atoms with van der Waals surface area (Å²) < 4.78 is 2.24. The van der Waals surface area contributed by atoms with Crippen LogP contribution < -0.4 is 0 Å². The van der Waals surface area contributed by atoms with Gasteiger partial charge in [-0.1, -0.05) is 12.1 Å². The average molecular weight is 243 g/mol. The number of hydrogen-bond donors (Lipinski definition) is 1. The molecule has 0 saturated heterocycles. The largest absolute Gasteiger partial charge is 0.392 e. The van der Waals surface area contributed by atoms with Gasteiger partial charge in [-0.2, -0.15) is 0 Å². The molecule has 1 N–H and O–H groups in total. The van der Waals surface area contributed by atoms with E-state index in [0.717, 1.165) is 12.1 Å². The summed E-state index contributed by atoms with van der Waals surface area (Å²) in [6, 6.07) is 12.4. The number of benzene rings is 1. The van der Waals surface area contributed by atoms with Gasteiger partial charge in [-0.15, -0.1) is 11.3 Å². The molecule has 3 aromatic rings. The van der Waals surface area contributed by atoms with E-state index >= 15 is 0 Å². The number of aliphatic hydroxyl groups excluding tert-OH is 1. The number of aliphatic hydroxyl groups is 1. The minimum absolute atomic E-state index is 0.103. The highest BCUT2D eigenvalue weighted by Crippen LogP contribution is 2.20. The first-order valence-corrected chi connectivity index (χ1v) is 6.46. The molecule has 1 aromatic carbocycles. The third-order valence-electron chi connectivity index (χ3n) is 2.92. The third-order valence-corrected chi connectivity index (χ3v) is 3.79. The van der Waals surface area contributed by atoms with Crippen molar-refractivity contribution in [2.45, 2.75) is 13.2 Å². The van der Waals surface area contributed by atoms with Crippen LogP contribution in [0.25, 0.3) is 10.9 Å². The molecule has 0 radical (unpaired) electrons. The second-order valence-electron chi connectivity index (χ2n) is 4.07. The van der Waals surface area contributed by atoms with Crippen molar-refractivity contribution in [1.29, 1.82) is 0 Å². The predicted octanol–water partition coefficient (Wildman–Crippen LogP) is 3.24. The van der Waals surface area contributed by atoms with E-state index in [1.54, 1.807) is 11.3 Å². The summed E-state index contributed by atoms with van der Waals surface area (Å²) in [5, 5.41) is 12.4. The van der Waals surface area contributed by atoms with Crippen molar-refractivity contribution in [3.8, 4) is 0 Å². The standard InChI is InChI=1S/C14H13NOS/c16-10-11-3-4-14-12(8-11)5-6-15(14)9-13-2-1-7-17-13/h1-8,16H,9-10H2. The first kappa shape index (κ1) is 10.6. The van der Waals surface area contributed by atoms with Gasteiger partial charge in [0, 0.05) is 16.6 Å². The molecule has 3 heteroatoms. The van der Waals surface area contributed by atoms with Gasteiger partial charge in [-0.3, -0.25) is 0 Å². The van der Waals surface area contributed by atoms with E-state index in [-0.39, 0.29) is 6.61 Å². The third kappa shape index (κ3) is 1.99. The van der Waals surface area contributed by atoms with Crippen LogP contribution in [0.5, 0.6) is 0 Å². The molecular formula is C14H13NOS. The zero-order valence-electron chi connectivity index (χ0n) is 9.34. The topological polar surface area (TPSA) is 25.2 Å². The maximum Gasteiger partial charge on any atom is 0.0682 e. The van der Waals surface area contributed by atoms with Gasteiger partial charge in [0.1, 0.15) is 0 Å². The minimum Gasteiger partial charge on any atom is -0.392 e. The van der Waals surface area contributed by atoms with Gasteiger partial charge >= 0.3 is 0 Å². The average Bonchev–Trinajstić information content (AvgIpc) is 2.99. The van der Waals surface area contributed by atoms with Crippen LogP contribution in [0.3, 0.4) is 0 Å². The lowest BCUT2D eigenvalue weighted by atomic mass is 10.2. The molecule has 86 valence electrons. The molecule has 0 atom stereocenters. The van der Waals surface area contributed by atoms with Crippen molar-refractivity contribution in [2.75, 3.05) is 0 Å². The summed E-state index contributed by atoms with van der Waals surface area (Å²) in [4.78, 5) is 1.36. The van der Waals surface area contributed by atoms with E-state index in [1.807, 2.05) is 12.1 Å². The van der Waals surface area contributed by atoms with Crippen molar-refractivity contribution in [3.05, 3.63) is 58.4 Å². The molecule has 2 heterocycles. The fraction of sp³-hybridized carbons (Fsp3) is 0.143. The molecular weight excluding hydrogens is 230 g/mol. The summed E-state index contributed by atoms with van der Waals surface area (Å²) in [6.07, 6.45) is 2.10. The SMILES string of the molecule is OCc1ccc2c(ccn2Cc2cccs2)c1. The lowest BCUT2D eigenvalue weighted by Crippen LogP contribution is -1.95. The summed E-state index contributed by atoms with van der Waals surface area (Å²) in [5.74, 6) is 0. The Morgan fingerprint density at radius 3 is 2.88 bits per heavy atom. The number of aromatic nitrogens is 1. The van der Waals surface area contributed by atoms with Gasteiger partial charge in [0.15, 0.2) is 0 Å². The number of thiophene rings is 1. The number of rotatable bonds is 3. The van der Waals surface area contributed by atoms with Gasteiger partial charge in [0.2, 0.25) is 0 Å². The van der Waals surface area contributed by atoms with Crippen LogP contribution in [-0.2, 0) is 13.2 Å². The van der Waals surface area contributed by atoms with Crippen molar-refractivity contribution >= 4 is 22.2 Å². The Labute approximate surface area is 104 Å². The molecule has 3 rings (SSSR count). The Kier molecular flexibility index (Phi) is 2.71. The van der Waals surface area contributed by atoms with E-state index in [0.29, 0.717) is 0 Å². The zero-order chi connectivity index (χ0) is 11.7. The molecule has 2 aromatic heterocycles. The molecule has 0 amide bonds. The van der Waals surface area contributed by atoms with E-state index in [9.17, 15) is 0 Å². The van der Waals surface area contributed by atoms with Gasteiger partial charge in [0.25, 0.3) is 0 Å². The van der Waals surface area contributed by atoms with Crippen molar-refractivity contribution in [3.63, 3.8) is 0 Å². The maximum absolute atomic E-state index is 9.11. The highest BCUT2D eigenvalue weighted by molar-refractivity contribution is 7.09. The first-order chi connectivity index (χ1) is 8.36. The smallest absolute Gasteiger partial charge is 0.0682 e. The molecule has 0 fully saturated rings. The lowest BCUT2D eigenvalue weighted by molar-refractivity contribution is 0.282. The summed E-state index contributed by atoms with van der Waals surface area (Å²) in [6.45, 7) is 1.02. The molecule has 0 aliphatic rings. The molecule has 0 bridgehead atoms. The Morgan fingerprint density at radius 1 is 1.18 bits per heavy atom. The van der Waals surface area contributed by atoms with Crippen LogP contribution in [0.2, 0.25) is 0 Å². The van der Waals surface area contributed by atoms with Crippen LogP contribution in [0, 0.1) is 0 Å². The minimum atomic E-state index is 0.103. The summed E-state index contributed by atoms with van der Waals surface area (Å²) in [7, 11) is 0. The molecule has 17 heavy (non-hydrogen) atoms. The second-order valence-corrected chi connectivity index (χ2v) is 5.11. The molecule has 0 spiro atoms. The molecule has 0 unspecified atom stereocenters. The van der Waals surface area contributed by atoms with Crippen molar-refractivity contribution in [2.24, 2.45) is 0 Å². The normalized spacial score (nSPS) is 11.1. The van der Waals surface area contributed by atoms with Crippen LogP contribution in [0.15, 0.2) is 48.0 Å². The van der Waals surface area contributed by atoms with E-state index in [2.05, 4.69) is 40.4 Å². The summed E-state index contributed by atoms with van der Waals surface area (Å²) in [5.41, 5.74) is 2.18. The van der Waals surface area contributed by atoms with E-state index in [4.69, 9.17) is 5.11 Å². The highest BCUT2D eigenvalue weighted by Gasteiger charge is 2.03. The molecule has 0 saturated carbocycles. The monoisotopic (exact) mass is 243 g/mol. The lowest BCUT2D eigenvalue weighted by Gasteiger charge is -2.04. The highest BCUT2D eigenvalue weighted by atomic mass is 32.1. The number of hydrogen-bond acceptors (Lipinski definition) is 2. The summed E-state index contributed by atoms with van der Waals surface area (Å²) >= 11 is 1.78. The zero-order valence-corrected chi connectivity index (χ0v) is 10.2. The van der Waals surface area contributed by atoms with Crippen LogP contribution in [0.1, 0.15) is 10.4 Å². The van der Waals surface area contributed by atoms with E-state index < -0.39 is 0 Å². The maximum atomic E-state index is 9.11. The van der Waals surface area contributed by atoms with Crippen LogP contribution >= 0.6 is 11.3 Å². The predicted molar refractivity (Wildman–Crippen MR) is 71.3 cm³/mol. The fourth-order valence-electron chi connectivity index (χ4n) is 2.06. The van der Waals surface area contributed by atoms with Gasteiger partial charge < -0.3 is 9.67 Å². The Bertz CT molecular complexity index is 625. The quantitative estimate of drug-likeness (QED) is 0.750. The Balaban J connectivity index is 2.00. The first-order valence-electron chi connectivity index (χ1n) is 5.58. The van der Waals surface area contributed by atoms with Gasteiger partial charge in [-0.05, 0) is 40.6 Å². The number of fused-ring (bicyclic) bond motifs is 1. The number of nitrogens with zero attached hydrogens (tertiary/aromatic N) is 1. The van der Waals surface area contributed by atoms with Crippen LogP contribution in [-0.4, -0.2) is 9.67 Å². The van der Waals surface area contributed by atoms with Crippen molar-refractivity contribution in [1.82, 2.24) is 4.57 Å².